The third-order valence-corrected chi connectivity index (χ3v) is 2.51. The standard InChI is InChI=1S/C10H12N8/c1-8(6-17-5-4-11-7-17)12-9-2-3-10-13-15-16-18(10)14-9/h2-5,7-8H,6H2,1H3,(H,12,14). The topological polar surface area (TPSA) is 85.8 Å². The summed E-state index contributed by atoms with van der Waals surface area (Å²) < 4.78 is 3.40. The molecule has 3 rings (SSSR count). The van der Waals surface area contributed by atoms with Crippen molar-refractivity contribution in [3.8, 4) is 0 Å². The van der Waals surface area contributed by atoms with Crippen molar-refractivity contribution in [3.63, 3.8) is 0 Å². The predicted octanol–water partition coefficient (Wildman–Crippen LogP) is 0.216. The maximum absolute atomic E-state index is 4.25. The molecule has 0 saturated carbocycles. The summed E-state index contributed by atoms with van der Waals surface area (Å²) in [5, 5.41) is 18.6. The van der Waals surface area contributed by atoms with Crippen LogP contribution in [0.5, 0.6) is 0 Å². The molecule has 0 aromatic carbocycles. The Kier molecular flexibility index (Phi) is 2.60. The minimum absolute atomic E-state index is 0.223. The van der Waals surface area contributed by atoms with E-state index in [2.05, 4.69) is 37.8 Å². The number of fused-ring (bicyclic) bond motifs is 1. The first-order valence-corrected chi connectivity index (χ1v) is 5.59. The third-order valence-electron chi connectivity index (χ3n) is 2.51. The van der Waals surface area contributed by atoms with Gasteiger partial charge in [0.2, 0.25) is 0 Å². The summed E-state index contributed by atoms with van der Waals surface area (Å²) in [6.45, 7) is 2.89. The molecule has 3 heterocycles. The fourth-order valence-electron chi connectivity index (χ4n) is 1.74. The van der Waals surface area contributed by atoms with Crippen LogP contribution in [0, 0.1) is 0 Å². The highest BCUT2D eigenvalue weighted by atomic mass is 15.6. The molecule has 1 atom stereocenters. The number of tetrazole rings is 1. The van der Waals surface area contributed by atoms with Crippen LogP contribution in [0.15, 0.2) is 30.9 Å². The fraction of sp³-hybridized carbons (Fsp3) is 0.300. The average molecular weight is 244 g/mol. The van der Waals surface area contributed by atoms with Crippen LogP contribution in [0.2, 0.25) is 0 Å². The van der Waals surface area contributed by atoms with Gasteiger partial charge in [-0.05, 0) is 29.5 Å². The monoisotopic (exact) mass is 244 g/mol. The maximum atomic E-state index is 4.25. The molecule has 0 saturated heterocycles. The molecular formula is C10H12N8. The fourth-order valence-corrected chi connectivity index (χ4v) is 1.74. The lowest BCUT2D eigenvalue weighted by atomic mass is 10.3. The van der Waals surface area contributed by atoms with Gasteiger partial charge in [-0.1, -0.05) is 0 Å². The molecule has 3 aromatic heterocycles. The SMILES string of the molecule is CC(Cn1ccnc1)Nc1ccc2nnnn2n1. The first-order valence-electron chi connectivity index (χ1n) is 5.59. The van der Waals surface area contributed by atoms with Crippen LogP contribution < -0.4 is 5.32 Å². The number of aromatic nitrogens is 7. The Morgan fingerprint density at radius 1 is 1.39 bits per heavy atom. The van der Waals surface area contributed by atoms with Crippen LogP contribution in [-0.4, -0.2) is 40.8 Å². The van der Waals surface area contributed by atoms with Gasteiger partial charge >= 0.3 is 0 Å². The molecule has 8 nitrogen and oxygen atoms in total. The Bertz CT molecular complexity index is 628. The van der Waals surface area contributed by atoms with E-state index in [9.17, 15) is 0 Å². The highest BCUT2D eigenvalue weighted by Crippen LogP contribution is 2.06. The van der Waals surface area contributed by atoms with Crippen molar-refractivity contribution in [1.29, 1.82) is 0 Å². The van der Waals surface area contributed by atoms with Gasteiger partial charge in [0, 0.05) is 25.0 Å². The Morgan fingerprint density at radius 3 is 3.17 bits per heavy atom. The van der Waals surface area contributed by atoms with E-state index in [1.54, 1.807) is 12.5 Å². The van der Waals surface area contributed by atoms with Crippen molar-refractivity contribution in [2.24, 2.45) is 0 Å². The summed E-state index contributed by atoms with van der Waals surface area (Å²) in [6.07, 6.45) is 5.48. The van der Waals surface area contributed by atoms with E-state index < -0.39 is 0 Å². The van der Waals surface area contributed by atoms with Crippen molar-refractivity contribution in [1.82, 2.24) is 34.8 Å². The first kappa shape index (κ1) is 10.6. The number of rotatable bonds is 4. The summed E-state index contributed by atoms with van der Waals surface area (Å²) >= 11 is 0. The highest BCUT2D eigenvalue weighted by molar-refractivity contribution is 5.42. The Morgan fingerprint density at radius 2 is 2.33 bits per heavy atom. The highest BCUT2D eigenvalue weighted by Gasteiger charge is 2.05. The van der Waals surface area contributed by atoms with Crippen molar-refractivity contribution in [3.05, 3.63) is 30.9 Å². The third kappa shape index (κ3) is 2.12. The van der Waals surface area contributed by atoms with Gasteiger partial charge in [0.25, 0.3) is 0 Å². The molecule has 0 bridgehead atoms. The lowest BCUT2D eigenvalue weighted by molar-refractivity contribution is 0.613. The lowest BCUT2D eigenvalue weighted by Crippen LogP contribution is -2.22. The van der Waals surface area contributed by atoms with Crippen LogP contribution in [0.4, 0.5) is 5.82 Å². The van der Waals surface area contributed by atoms with E-state index in [0.29, 0.717) is 5.65 Å². The molecule has 0 aliphatic heterocycles. The van der Waals surface area contributed by atoms with Crippen LogP contribution in [0.1, 0.15) is 6.92 Å². The minimum Gasteiger partial charge on any atom is -0.364 e. The van der Waals surface area contributed by atoms with Crippen molar-refractivity contribution in [2.75, 3.05) is 5.32 Å². The van der Waals surface area contributed by atoms with E-state index in [0.717, 1.165) is 12.4 Å². The van der Waals surface area contributed by atoms with Gasteiger partial charge in [-0.3, -0.25) is 0 Å². The van der Waals surface area contributed by atoms with Crippen LogP contribution in [0.3, 0.4) is 0 Å². The van der Waals surface area contributed by atoms with E-state index >= 15 is 0 Å². The zero-order valence-electron chi connectivity index (χ0n) is 9.80. The molecule has 0 aliphatic rings. The van der Waals surface area contributed by atoms with Gasteiger partial charge in [0.1, 0.15) is 5.82 Å². The minimum atomic E-state index is 0.223. The van der Waals surface area contributed by atoms with Crippen molar-refractivity contribution < 1.29 is 0 Å². The summed E-state index contributed by atoms with van der Waals surface area (Å²) in [5.41, 5.74) is 0.628. The van der Waals surface area contributed by atoms with E-state index in [-0.39, 0.29) is 6.04 Å². The first-order chi connectivity index (χ1) is 8.81. The van der Waals surface area contributed by atoms with Crippen molar-refractivity contribution in [2.45, 2.75) is 19.5 Å². The molecule has 18 heavy (non-hydrogen) atoms. The molecule has 3 aromatic rings. The average Bonchev–Trinajstić information content (AvgIpc) is 2.98. The van der Waals surface area contributed by atoms with E-state index in [4.69, 9.17) is 0 Å². The quantitative estimate of drug-likeness (QED) is 0.706. The van der Waals surface area contributed by atoms with Gasteiger partial charge in [0.15, 0.2) is 5.65 Å². The summed E-state index contributed by atoms with van der Waals surface area (Å²) in [4.78, 5) is 4.01. The number of anilines is 1. The predicted molar refractivity (Wildman–Crippen MR) is 63.9 cm³/mol. The van der Waals surface area contributed by atoms with Gasteiger partial charge < -0.3 is 9.88 Å². The van der Waals surface area contributed by atoms with Crippen LogP contribution in [0.25, 0.3) is 5.65 Å². The number of hydrogen-bond acceptors (Lipinski definition) is 6. The van der Waals surface area contributed by atoms with Crippen molar-refractivity contribution >= 4 is 11.5 Å². The molecule has 0 aliphatic carbocycles. The second-order valence-corrected chi connectivity index (χ2v) is 4.05. The van der Waals surface area contributed by atoms with Gasteiger partial charge in [-0.15, -0.1) is 14.8 Å². The summed E-state index contributed by atoms with van der Waals surface area (Å²) in [6, 6.07) is 3.90. The van der Waals surface area contributed by atoms with E-state index in [1.165, 1.54) is 4.63 Å². The van der Waals surface area contributed by atoms with Gasteiger partial charge in [0.05, 0.1) is 6.33 Å². The number of imidazole rings is 1. The Labute approximate surface area is 103 Å². The zero-order valence-corrected chi connectivity index (χ0v) is 9.80. The van der Waals surface area contributed by atoms with Crippen LogP contribution >= 0.6 is 0 Å². The summed E-state index contributed by atoms with van der Waals surface area (Å²) in [7, 11) is 0. The van der Waals surface area contributed by atoms with Gasteiger partial charge in [-0.2, -0.15) is 0 Å². The summed E-state index contributed by atoms with van der Waals surface area (Å²) in [5.74, 6) is 0.738. The Hall–Kier alpha value is -2.51. The number of nitrogens with zero attached hydrogens (tertiary/aromatic N) is 7. The number of hydrogen-bond donors (Lipinski definition) is 1. The largest absolute Gasteiger partial charge is 0.364 e. The zero-order chi connectivity index (χ0) is 12.4. The normalized spacial score (nSPS) is 12.7. The van der Waals surface area contributed by atoms with Gasteiger partial charge in [-0.25, -0.2) is 4.98 Å². The molecule has 1 unspecified atom stereocenters. The molecule has 8 heteroatoms. The molecule has 1 N–H and O–H groups in total. The number of nitrogens with one attached hydrogen (secondary N) is 1. The molecule has 0 amide bonds. The second-order valence-electron chi connectivity index (χ2n) is 4.05. The Balaban J connectivity index is 1.71. The van der Waals surface area contributed by atoms with E-state index in [1.807, 2.05) is 22.9 Å². The molecule has 0 spiro atoms. The molecule has 0 fully saturated rings. The lowest BCUT2D eigenvalue weighted by Gasteiger charge is -2.14. The smallest absolute Gasteiger partial charge is 0.200 e. The van der Waals surface area contributed by atoms with Crippen LogP contribution in [-0.2, 0) is 6.54 Å². The molecule has 92 valence electrons. The second kappa shape index (κ2) is 4.40. The maximum Gasteiger partial charge on any atom is 0.200 e. The molecular weight excluding hydrogens is 232 g/mol. The molecule has 0 radical (unpaired) electrons.